The Kier molecular flexibility index (Phi) is 5.37. The maximum Gasteiger partial charge on any atom is 0.263 e. The lowest BCUT2D eigenvalue weighted by atomic mass is 10.1. The largest absolute Gasteiger partial charge is 0.480 e. The Morgan fingerprint density at radius 1 is 1.46 bits per heavy atom. The van der Waals surface area contributed by atoms with E-state index in [1.165, 1.54) is 7.11 Å². The predicted octanol–water partition coefficient (Wildman–Crippen LogP) is 2.30. The molecular weight excluding hydrogens is 334 g/mol. The molecule has 1 aliphatic heterocycles. The molecule has 0 spiro atoms. The average molecular weight is 357 g/mol. The van der Waals surface area contributed by atoms with Crippen molar-refractivity contribution in [3.8, 4) is 5.88 Å². The van der Waals surface area contributed by atoms with Gasteiger partial charge in [0.05, 0.1) is 19.8 Å². The third-order valence-corrected chi connectivity index (χ3v) is 4.55. The number of hydrogen-bond acceptors (Lipinski definition) is 5. The Morgan fingerprint density at radius 3 is 2.96 bits per heavy atom. The normalized spacial score (nSPS) is 16.5. The van der Waals surface area contributed by atoms with Crippen LogP contribution in [-0.4, -0.2) is 35.3 Å². The number of amides is 1. The van der Waals surface area contributed by atoms with Crippen molar-refractivity contribution in [2.45, 2.75) is 39.3 Å². The monoisotopic (exact) mass is 357 g/mol. The number of anilines is 1. The molecule has 0 bridgehead atoms. The highest BCUT2D eigenvalue weighted by Gasteiger charge is 2.22. The summed E-state index contributed by atoms with van der Waals surface area (Å²) in [5, 5.41) is 2.73. The van der Waals surface area contributed by atoms with Gasteiger partial charge in [-0.3, -0.25) is 9.59 Å². The van der Waals surface area contributed by atoms with Crippen LogP contribution in [0.15, 0.2) is 29.2 Å². The van der Waals surface area contributed by atoms with Gasteiger partial charge in [0.25, 0.3) is 11.5 Å². The minimum absolute atomic E-state index is 0.0171. The van der Waals surface area contributed by atoms with E-state index in [0.29, 0.717) is 23.7 Å². The van der Waals surface area contributed by atoms with E-state index in [0.717, 1.165) is 25.1 Å². The van der Waals surface area contributed by atoms with Crippen molar-refractivity contribution in [2.24, 2.45) is 0 Å². The number of hydrogen-bond donors (Lipinski definition) is 1. The molecule has 1 N–H and O–H groups in total. The first-order valence-corrected chi connectivity index (χ1v) is 8.64. The fourth-order valence-corrected chi connectivity index (χ4v) is 3.26. The number of nitrogens with zero attached hydrogens (tertiary/aromatic N) is 2. The molecule has 1 saturated heterocycles. The van der Waals surface area contributed by atoms with Crippen LogP contribution in [0, 0.1) is 13.8 Å². The van der Waals surface area contributed by atoms with Gasteiger partial charge in [0, 0.05) is 18.5 Å². The van der Waals surface area contributed by atoms with Crippen LogP contribution in [0.5, 0.6) is 5.88 Å². The van der Waals surface area contributed by atoms with Crippen molar-refractivity contribution in [3.05, 3.63) is 51.6 Å². The summed E-state index contributed by atoms with van der Waals surface area (Å²) in [5.41, 5.74) is 1.69. The number of methoxy groups -OCH3 is 1. The quantitative estimate of drug-likeness (QED) is 0.888. The molecule has 1 amide bonds. The SMILES string of the molecule is COc1ncccc1NC(=O)c1c(C)cc(C)n(C[C@@H]2CCCO2)c1=O. The van der Waals surface area contributed by atoms with Gasteiger partial charge in [0.2, 0.25) is 5.88 Å². The molecule has 0 aliphatic carbocycles. The second-order valence-corrected chi connectivity index (χ2v) is 6.41. The van der Waals surface area contributed by atoms with E-state index < -0.39 is 5.91 Å². The number of carbonyl (C=O) groups is 1. The summed E-state index contributed by atoms with van der Waals surface area (Å²) in [5.74, 6) is -0.176. The summed E-state index contributed by atoms with van der Waals surface area (Å²) in [6, 6.07) is 5.22. The van der Waals surface area contributed by atoms with Crippen LogP contribution in [0.3, 0.4) is 0 Å². The lowest BCUT2D eigenvalue weighted by molar-refractivity contribution is 0.0947. The molecule has 0 unspecified atom stereocenters. The maximum atomic E-state index is 13.0. The number of nitrogens with one attached hydrogen (secondary N) is 1. The van der Waals surface area contributed by atoms with E-state index in [4.69, 9.17) is 9.47 Å². The van der Waals surface area contributed by atoms with Crippen LogP contribution >= 0.6 is 0 Å². The van der Waals surface area contributed by atoms with Crippen LogP contribution in [0.25, 0.3) is 0 Å². The van der Waals surface area contributed by atoms with Gasteiger partial charge in [-0.15, -0.1) is 0 Å². The van der Waals surface area contributed by atoms with E-state index in [2.05, 4.69) is 10.3 Å². The number of ether oxygens (including phenoxy) is 2. The molecule has 0 aromatic carbocycles. The van der Waals surface area contributed by atoms with E-state index in [1.54, 1.807) is 29.8 Å². The Labute approximate surface area is 152 Å². The molecule has 7 nitrogen and oxygen atoms in total. The topological polar surface area (TPSA) is 82.4 Å². The standard InChI is InChI=1S/C19H23N3O4/c1-12-10-13(2)22(11-14-6-5-9-26-14)19(24)16(12)17(23)21-15-7-4-8-20-18(15)25-3/h4,7-8,10,14H,5-6,9,11H2,1-3H3,(H,21,23)/t14-/m0/s1. The van der Waals surface area contributed by atoms with Gasteiger partial charge in [-0.1, -0.05) is 0 Å². The van der Waals surface area contributed by atoms with Crippen LogP contribution in [-0.2, 0) is 11.3 Å². The average Bonchev–Trinajstić information content (AvgIpc) is 3.12. The Morgan fingerprint density at radius 2 is 2.27 bits per heavy atom. The van der Waals surface area contributed by atoms with Crippen molar-refractivity contribution in [1.29, 1.82) is 0 Å². The van der Waals surface area contributed by atoms with Gasteiger partial charge in [0.1, 0.15) is 11.3 Å². The molecular formula is C19H23N3O4. The third kappa shape index (κ3) is 3.62. The van der Waals surface area contributed by atoms with Gasteiger partial charge < -0.3 is 19.4 Å². The van der Waals surface area contributed by atoms with E-state index in [9.17, 15) is 9.59 Å². The van der Waals surface area contributed by atoms with Crippen LogP contribution < -0.4 is 15.6 Å². The summed E-state index contributed by atoms with van der Waals surface area (Å²) in [6.07, 6.45) is 3.51. The molecule has 26 heavy (non-hydrogen) atoms. The van der Waals surface area contributed by atoms with Gasteiger partial charge in [-0.05, 0) is 50.5 Å². The number of carbonyl (C=O) groups excluding carboxylic acids is 1. The molecule has 0 saturated carbocycles. The number of rotatable bonds is 5. The van der Waals surface area contributed by atoms with Crippen LogP contribution in [0.4, 0.5) is 5.69 Å². The van der Waals surface area contributed by atoms with Gasteiger partial charge in [-0.25, -0.2) is 4.98 Å². The highest BCUT2D eigenvalue weighted by molar-refractivity contribution is 6.05. The zero-order chi connectivity index (χ0) is 18.7. The van der Waals surface area contributed by atoms with Gasteiger partial charge in [0.15, 0.2) is 0 Å². The van der Waals surface area contributed by atoms with Crippen LogP contribution in [0.2, 0.25) is 0 Å². The molecule has 7 heteroatoms. The molecule has 1 aliphatic rings. The Hall–Kier alpha value is -2.67. The van der Waals surface area contributed by atoms with Crippen molar-refractivity contribution >= 4 is 11.6 Å². The minimum Gasteiger partial charge on any atom is -0.480 e. The fraction of sp³-hybridized carbons (Fsp3) is 0.421. The van der Waals surface area contributed by atoms with Gasteiger partial charge in [-0.2, -0.15) is 0 Å². The molecule has 0 radical (unpaired) electrons. The second kappa shape index (κ2) is 7.70. The van der Waals surface area contributed by atoms with Gasteiger partial charge >= 0.3 is 0 Å². The zero-order valence-electron chi connectivity index (χ0n) is 15.2. The summed E-state index contributed by atoms with van der Waals surface area (Å²) in [4.78, 5) is 29.8. The molecule has 138 valence electrons. The van der Waals surface area contributed by atoms with E-state index in [1.807, 2.05) is 13.0 Å². The zero-order valence-corrected chi connectivity index (χ0v) is 15.2. The van der Waals surface area contributed by atoms with Crippen molar-refractivity contribution in [2.75, 3.05) is 19.0 Å². The number of aromatic nitrogens is 2. The predicted molar refractivity (Wildman–Crippen MR) is 97.9 cm³/mol. The highest BCUT2D eigenvalue weighted by Crippen LogP contribution is 2.21. The number of aryl methyl sites for hydroxylation is 2. The summed E-state index contributed by atoms with van der Waals surface area (Å²) in [6.45, 7) is 4.81. The summed E-state index contributed by atoms with van der Waals surface area (Å²) < 4.78 is 12.4. The maximum absolute atomic E-state index is 13.0. The third-order valence-electron chi connectivity index (χ3n) is 4.55. The summed E-state index contributed by atoms with van der Waals surface area (Å²) in [7, 11) is 1.48. The smallest absolute Gasteiger partial charge is 0.263 e. The van der Waals surface area contributed by atoms with E-state index in [-0.39, 0.29) is 17.2 Å². The van der Waals surface area contributed by atoms with Crippen molar-refractivity contribution in [1.82, 2.24) is 9.55 Å². The van der Waals surface area contributed by atoms with E-state index >= 15 is 0 Å². The van der Waals surface area contributed by atoms with Crippen LogP contribution in [0.1, 0.15) is 34.5 Å². The lowest BCUT2D eigenvalue weighted by Gasteiger charge is -2.17. The second-order valence-electron chi connectivity index (χ2n) is 6.41. The molecule has 3 heterocycles. The Balaban J connectivity index is 1.93. The molecule has 1 atom stereocenters. The fourth-order valence-electron chi connectivity index (χ4n) is 3.26. The summed E-state index contributed by atoms with van der Waals surface area (Å²) >= 11 is 0. The Bertz CT molecular complexity index is 870. The number of pyridine rings is 2. The molecule has 1 fully saturated rings. The first-order valence-electron chi connectivity index (χ1n) is 8.64. The molecule has 3 rings (SSSR count). The minimum atomic E-state index is -0.472. The molecule has 2 aromatic heterocycles. The first-order chi connectivity index (χ1) is 12.5. The van der Waals surface area contributed by atoms with Crippen molar-refractivity contribution < 1.29 is 14.3 Å². The first kappa shape index (κ1) is 18.1. The molecule has 2 aromatic rings. The van der Waals surface area contributed by atoms with Crippen molar-refractivity contribution in [3.63, 3.8) is 0 Å². The lowest BCUT2D eigenvalue weighted by Crippen LogP contribution is -2.34. The highest BCUT2D eigenvalue weighted by atomic mass is 16.5.